The van der Waals surface area contributed by atoms with Gasteiger partial charge in [-0.3, -0.25) is 19.2 Å². The maximum absolute atomic E-state index is 13.1. The molecule has 2 heterocycles. The highest BCUT2D eigenvalue weighted by atomic mass is 16.7. The largest absolute Gasteiger partial charge is 0.333 e. The van der Waals surface area contributed by atoms with Gasteiger partial charge in [-0.2, -0.15) is 0 Å². The predicted molar refractivity (Wildman–Crippen MR) is 125 cm³/mol. The van der Waals surface area contributed by atoms with Crippen molar-refractivity contribution in [2.45, 2.75) is 65.2 Å². The quantitative estimate of drug-likeness (QED) is 0.357. The van der Waals surface area contributed by atoms with E-state index in [2.05, 4.69) is 0 Å². The van der Waals surface area contributed by atoms with Gasteiger partial charge in [-0.05, 0) is 37.1 Å². The van der Waals surface area contributed by atoms with Gasteiger partial charge >= 0.3 is 11.9 Å². The van der Waals surface area contributed by atoms with E-state index in [1.807, 2.05) is 13.8 Å². The Morgan fingerprint density at radius 2 is 0.889 bits per heavy atom. The number of carbonyl (C=O) groups is 6. The predicted octanol–water partition coefficient (Wildman–Crippen LogP) is 4.11. The van der Waals surface area contributed by atoms with Crippen LogP contribution in [0.25, 0.3) is 10.8 Å². The molecule has 2 aliphatic rings. The molecule has 36 heavy (non-hydrogen) atoms. The van der Waals surface area contributed by atoms with Crippen LogP contribution in [0.3, 0.4) is 0 Å². The van der Waals surface area contributed by atoms with E-state index in [0.717, 1.165) is 25.7 Å². The van der Waals surface area contributed by atoms with Gasteiger partial charge in [0.05, 0.1) is 22.3 Å². The molecule has 2 aliphatic heterocycles. The standard InChI is InChI=1S/C26H26N2O8/c1-3-5-7-9-19(29)35-27-23(31)15-11-13-17-22-18(14-12-16(21(15)22)24(27)32)26(34)28(25(17)33)36-20(30)10-8-6-4-2/h11-14H,3-10H2,1-2H3. The van der Waals surface area contributed by atoms with Crippen LogP contribution in [0.1, 0.15) is 107 Å². The molecule has 0 atom stereocenters. The summed E-state index contributed by atoms with van der Waals surface area (Å²) < 4.78 is 0. The number of hydrogen-bond acceptors (Lipinski definition) is 8. The highest BCUT2D eigenvalue weighted by Crippen LogP contribution is 2.38. The molecule has 0 aliphatic carbocycles. The summed E-state index contributed by atoms with van der Waals surface area (Å²) in [4.78, 5) is 86.9. The van der Waals surface area contributed by atoms with Gasteiger partial charge in [-0.1, -0.05) is 49.7 Å². The molecule has 0 fully saturated rings. The second-order valence-electron chi connectivity index (χ2n) is 8.72. The third kappa shape index (κ3) is 4.34. The van der Waals surface area contributed by atoms with Crippen LogP contribution in [0.2, 0.25) is 0 Å². The summed E-state index contributed by atoms with van der Waals surface area (Å²) >= 11 is 0. The molecule has 0 radical (unpaired) electrons. The number of amides is 4. The van der Waals surface area contributed by atoms with Crippen LogP contribution in [0.5, 0.6) is 0 Å². The first-order chi connectivity index (χ1) is 17.3. The van der Waals surface area contributed by atoms with Crippen molar-refractivity contribution in [2.75, 3.05) is 0 Å². The zero-order valence-electron chi connectivity index (χ0n) is 20.1. The van der Waals surface area contributed by atoms with Crippen molar-refractivity contribution in [3.05, 3.63) is 46.5 Å². The van der Waals surface area contributed by atoms with E-state index >= 15 is 0 Å². The van der Waals surface area contributed by atoms with Crippen LogP contribution in [0.15, 0.2) is 24.3 Å². The lowest BCUT2D eigenvalue weighted by atomic mass is 9.87. The summed E-state index contributed by atoms with van der Waals surface area (Å²) in [5.74, 6) is -4.90. The van der Waals surface area contributed by atoms with Crippen molar-refractivity contribution < 1.29 is 38.4 Å². The first-order valence-corrected chi connectivity index (χ1v) is 12.1. The molecule has 0 N–H and O–H groups in total. The highest BCUT2D eigenvalue weighted by molar-refractivity contribution is 6.32. The second-order valence-corrected chi connectivity index (χ2v) is 8.72. The molecule has 0 unspecified atom stereocenters. The Labute approximate surface area is 207 Å². The van der Waals surface area contributed by atoms with E-state index < -0.39 is 35.6 Å². The first-order valence-electron chi connectivity index (χ1n) is 12.1. The van der Waals surface area contributed by atoms with E-state index in [4.69, 9.17) is 9.68 Å². The van der Waals surface area contributed by atoms with Crippen molar-refractivity contribution in [3.8, 4) is 0 Å². The molecule has 4 amide bonds. The maximum Gasteiger partial charge on any atom is 0.333 e. The summed E-state index contributed by atoms with van der Waals surface area (Å²) in [6.45, 7) is 3.95. The molecule has 2 aromatic carbocycles. The lowest BCUT2D eigenvalue weighted by Gasteiger charge is -2.30. The molecule has 188 valence electrons. The Bertz CT molecular complexity index is 1130. The Morgan fingerprint density at radius 1 is 0.583 bits per heavy atom. The molecule has 0 aromatic heterocycles. The van der Waals surface area contributed by atoms with Crippen LogP contribution in [0.4, 0.5) is 0 Å². The van der Waals surface area contributed by atoms with Gasteiger partial charge in [0, 0.05) is 23.6 Å². The molecule has 10 nitrogen and oxygen atoms in total. The molecule has 0 saturated heterocycles. The van der Waals surface area contributed by atoms with Crippen molar-refractivity contribution in [1.29, 1.82) is 0 Å². The van der Waals surface area contributed by atoms with Gasteiger partial charge in [0.2, 0.25) is 0 Å². The zero-order valence-corrected chi connectivity index (χ0v) is 20.1. The van der Waals surface area contributed by atoms with E-state index in [-0.39, 0.29) is 45.9 Å². The lowest BCUT2D eigenvalue weighted by molar-refractivity contribution is -0.169. The minimum absolute atomic E-state index is 0.0113. The van der Waals surface area contributed by atoms with Crippen LogP contribution < -0.4 is 0 Å². The minimum Gasteiger partial charge on any atom is -0.330 e. The fourth-order valence-corrected chi connectivity index (χ4v) is 4.33. The van der Waals surface area contributed by atoms with Crippen molar-refractivity contribution >= 4 is 46.3 Å². The second kappa shape index (κ2) is 10.3. The molecule has 0 saturated carbocycles. The summed E-state index contributed by atoms with van der Waals surface area (Å²) in [6.07, 6.45) is 4.63. The van der Waals surface area contributed by atoms with Gasteiger partial charge < -0.3 is 9.68 Å². The normalized spacial score (nSPS) is 14.5. The summed E-state index contributed by atoms with van der Waals surface area (Å²) in [5, 5.41) is 1.08. The van der Waals surface area contributed by atoms with Gasteiger partial charge in [0.25, 0.3) is 23.6 Å². The average molecular weight is 495 g/mol. The Kier molecular flexibility index (Phi) is 7.14. The summed E-state index contributed by atoms with van der Waals surface area (Å²) in [7, 11) is 0. The Balaban J connectivity index is 1.66. The number of unbranched alkanes of at least 4 members (excludes halogenated alkanes) is 4. The Hall–Kier alpha value is -4.08. The molecule has 0 bridgehead atoms. The monoisotopic (exact) mass is 494 g/mol. The van der Waals surface area contributed by atoms with E-state index in [9.17, 15) is 28.8 Å². The number of carbonyl (C=O) groups excluding carboxylic acids is 6. The summed E-state index contributed by atoms with van der Waals surface area (Å²) in [6, 6.07) is 5.30. The average Bonchev–Trinajstić information content (AvgIpc) is 2.86. The van der Waals surface area contributed by atoms with Crippen molar-refractivity contribution in [1.82, 2.24) is 10.1 Å². The topological polar surface area (TPSA) is 127 Å². The summed E-state index contributed by atoms with van der Waals surface area (Å²) in [5.41, 5.74) is 0.0451. The van der Waals surface area contributed by atoms with Crippen LogP contribution in [-0.4, -0.2) is 45.7 Å². The molecule has 4 rings (SSSR count). The molecule has 0 spiro atoms. The molecular weight excluding hydrogens is 468 g/mol. The van der Waals surface area contributed by atoms with E-state index in [1.54, 1.807) is 0 Å². The fraction of sp³-hybridized carbons (Fsp3) is 0.385. The molecule has 10 heteroatoms. The SMILES string of the molecule is CCCCCC(=O)ON1C(=O)c2ccc3c4c(ccc(c24)C1=O)C(=O)N(OC(=O)CCCCC)C3=O. The van der Waals surface area contributed by atoms with E-state index in [0.29, 0.717) is 23.0 Å². The van der Waals surface area contributed by atoms with Crippen LogP contribution in [0, 0.1) is 0 Å². The number of imide groups is 2. The number of hydrogen-bond donors (Lipinski definition) is 0. The highest BCUT2D eigenvalue weighted by Gasteiger charge is 2.42. The number of hydroxylamine groups is 4. The lowest BCUT2D eigenvalue weighted by Crippen LogP contribution is -2.44. The minimum atomic E-state index is -0.871. The zero-order chi connectivity index (χ0) is 26.0. The number of benzene rings is 2. The third-order valence-corrected chi connectivity index (χ3v) is 6.18. The van der Waals surface area contributed by atoms with Gasteiger partial charge in [-0.15, -0.1) is 0 Å². The fourth-order valence-electron chi connectivity index (χ4n) is 4.33. The third-order valence-electron chi connectivity index (χ3n) is 6.18. The van der Waals surface area contributed by atoms with Crippen molar-refractivity contribution in [2.24, 2.45) is 0 Å². The van der Waals surface area contributed by atoms with E-state index in [1.165, 1.54) is 24.3 Å². The van der Waals surface area contributed by atoms with Crippen LogP contribution >= 0.6 is 0 Å². The Morgan fingerprint density at radius 3 is 1.17 bits per heavy atom. The molecular formula is C26H26N2O8. The number of nitrogens with zero attached hydrogens (tertiary/aromatic N) is 2. The van der Waals surface area contributed by atoms with Gasteiger partial charge in [-0.25, -0.2) is 9.59 Å². The van der Waals surface area contributed by atoms with Crippen LogP contribution in [-0.2, 0) is 19.3 Å². The van der Waals surface area contributed by atoms with Crippen molar-refractivity contribution in [3.63, 3.8) is 0 Å². The van der Waals surface area contributed by atoms with Gasteiger partial charge in [0.15, 0.2) is 0 Å². The smallest absolute Gasteiger partial charge is 0.330 e. The first kappa shape index (κ1) is 25.0. The molecule has 2 aromatic rings. The maximum atomic E-state index is 13.1. The number of rotatable bonds is 10. The van der Waals surface area contributed by atoms with Gasteiger partial charge in [0.1, 0.15) is 0 Å².